The highest BCUT2D eigenvalue weighted by molar-refractivity contribution is 7.89. The van der Waals surface area contributed by atoms with E-state index >= 15 is 0 Å². The Hall–Kier alpha value is -2.20. The van der Waals surface area contributed by atoms with Crippen molar-refractivity contribution in [2.45, 2.75) is 42.3 Å². The predicted octanol–water partition coefficient (Wildman–Crippen LogP) is 1.76. The monoisotopic (exact) mass is 477 g/mol. The van der Waals surface area contributed by atoms with E-state index in [1.165, 1.54) is 11.0 Å². The zero-order valence-electron chi connectivity index (χ0n) is 17.4. The van der Waals surface area contributed by atoms with Gasteiger partial charge in [-0.1, -0.05) is 23.7 Å². The third-order valence-corrected chi connectivity index (χ3v) is 8.16. The predicted molar refractivity (Wildman–Crippen MR) is 119 cm³/mol. The van der Waals surface area contributed by atoms with Crippen LogP contribution < -0.4 is 4.72 Å². The molecule has 2 amide bonds. The van der Waals surface area contributed by atoms with Crippen LogP contribution in [0.1, 0.15) is 19.3 Å². The zero-order valence-corrected chi connectivity index (χ0v) is 18.9. The van der Waals surface area contributed by atoms with Crippen LogP contribution >= 0.6 is 11.6 Å². The van der Waals surface area contributed by atoms with Gasteiger partial charge < -0.3 is 14.5 Å². The smallest absolute Gasteiger partial charge is 0.242 e. The summed E-state index contributed by atoms with van der Waals surface area (Å²) in [4.78, 5) is 29.1. The number of nitrogens with zero attached hydrogens (tertiary/aromatic N) is 2. The summed E-state index contributed by atoms with van der Waals surface area (Å²) in [6.07, 6.45) is 1.96. The fraction of sp³-hybridized carbons (Fsp3) is 0.455. The molecule has 170 valence electrons. The van der Waals surface area contributed by atoms with E-state index < -0.39 is 16.1 Å². The molecule has 0 saturated carbocycles. The summed E-state index contributed by atoms with van der Waals surface area (Å²) in [5.41, 5.74) is 0. The summed E-state index contributed by atoms with van der Waals surface area (Å²) in [7, 11) is -3.91. The molecule has 8 nitrogen and oxygen atoms in total. The molecule has 3 aliphatic heterocycles. The highest BCUT2D eigenvalue weighted by atomic mass is 35.5. The number of amides is 2. The van der Waals surface area contributed by atoms with Crippen molar-refractivity contribution in [2.24, 2.45) is 0 Å². The van der Waals surface area contributed by atoms with Crippen LogP contribution in [0.3, 0.4) is 0 Å². The molecular weight excluding hydrogens is 454 g/mol. The number of nitrogens with one attached hydrogen (secondary N) is 1. The molecule has 3 fully saturated rings. The number of rotatable bonds is 5. The van der Waals surface area contributed by atoms with Crippen molar-refractivity contribution in [3.8, 4) is 0 Å². The fourth-order valence-electron chi connectivity index (χ4n) is 4.78. The minimum atomic E-state index is -3.91. The summed E-state index contributed by atoms with van der Waals surface area (Å²) < 4.78 is 34.0. The van der Waals surface area contributed by atoms with Crippen molar-refractivity contribution in [3.05, 3.63) is 41.4 Å². The minimum absolute atomic E-state index is 0.0307. The van der Waals surface area contributed by atoms with Crippen LogP contribution in [0.2, 0.25) is 5.02 Å². The van der Waals surface area contributed by atoms with Crippen LogP contribution in [-0.2, 0) is 24.3 Å². The molecule has 1 N–H and O–H groups in total. The van der Waals surface area contributed by atoms with Gasteiger partial charge in [-0.2, -0.15) is 4.72 Å². The van der Waals surface area contributed by atoms with Crippen molar-refractivity contribution in [1.29, 1.82) is 0 Å². The molecule has 3 saturated heterocycles. The molecule has 3 aliphatic rings. The van der Waals surface area contributed by atoms with Crippen molar-refractivity contribution < 1.29 is 22.7 Å². The van der Waals surface area contributed by atoms with Crippen molar-refractivity contribution in [2.75, 3.05) is 26.2 Å². The average molecular weight is 478 g/mol. The van der Waals surface area contributed by atoms with Gasteiger partial charge in [0.1, 0.15) is 6.04 Å². The van der Waals surface area contributed by atoms with E-state index in [-0.39, 0.29) is 35.4 Å². The molecule has 2 aromatic rings. The number of hydrogen-bond donors (Lipinski definition) is 1. The minimum Gasteiger partial charge on any atom is -0.374 e. The maximum absolute atomic E-state index is 13.0. The molecular formula is C22H24ClN3O5S. The zero-order chi connectivity index (χ0) is 22.5. The van der Waals surface area contributed by atoms with Crippen LogP contribution in [0, 0.1) is 0 Å². The van der Waals surface area contributed by atoms with E-state index in [1.54, 1.807) is 35.2 Å². The summed E-state index contributed by atoms with van der Waals surface area (Å²) in [5.74, 6) is -0.466. The highest BCUT2D eigenvalue weighted by Crippen LogP contribution is 2.28. The lowest BCUT2D eigenvalue weighted by atomic mass is 10.1. The molecule has 0 spiro atoms. The van der Waals surface area contributed by atoms with Gasteiger partial charge in [0, 0.05) is 18.1 Å². The molecule has 2 bridgehead atoms. The average Bonchev–Trinajstić information content (AvgIpc) is 3.40. The second kappa shape index (κ2) is 8.30. The molecule has 0 radical (unpaired) electrons. The number of hydrogen-bond acceptors (Lipinski definition) is 5. The number of carbonyl (C=O) groups excluding carboxylic acids is 2. The van der Waals surface area contributed by atoms with Crippen molar-refractivity contribution in [3.63, 3.8) is 0 Å². The van der Waals surface area contributed by atoms with E-state index in [0.29, 0.717) is 37.6 Å². The van der Waals surface area contributed by atoms with E-state index in [9.17, 15) is 18.0 Å². The number of sulfonamides is 1. The van der Waals surface area contributed by atoms with Gasteiger partial charge in [0.2, 0.25) is 21.8 Å². The molecule has 5 rings (SSSR count). The molecule has 3 atom stereocenters. The van der Waals surface area contributed by atoms with Gasteiger partial charge in [0.15, 0.2) is 0 Å². The van der Waals surface area contributed by atoms with Crippen LogP contribution in [0.25, 0.3) is 10.8 Å². The molecule has 2 aromatic carbocycles. The number of halogens is 1. The number of morpholine rings is 1. The summed E-state index contributed by atoms with van der Waals surface area (Å²) in [6, 6.07) is 9.17. The van der Waals surface area contributed by atoms with E-state index in [0.717, 1.165) is 17.2 Å². The third-order valence-electron chi connectivity index (χ3n) is 6.46. The number of benzene rings is 2. The lowest BCUT2D eigenvalue weighted by Gasteiger charge is -2.34. The largest absolute Gasteiger partial charge is 0.374 e. The van der Waals surface area contributed by atoms with Gasteiger partial charge in [0.25, 0.3) is 0 Å². The number of likely N-dealkylation sites (tertiary alicyclic amines) is 2. The van der Waals surface area contributed by atoms with Crippen molar-refractivity contribution >= 4 is 44.2 Å². The first-order valence-electron chi connectivity index (χ1n) is 10.7. The molecule has 3 heterocycles. The quantitative estimate of drug-likeness (QED) is 0.708. The van der Waals surface area contributed by atoms with E-state index in [1.807, 2.05) is 0 Å². The van der Waals surface area contributed by atoms with Gasteiger partial charge >= 0.3 is 0 Å². The van der Waals surface area contributed by atoms with Crippen LogP contribution in [0.15, 0.2) is 41.3 Å². The second-order valence-corrected chi connectivity index (χ2v) is 10.8. The van der Waals surface area contributed by atoms with Gasteiger partial charge in [0.05, 0.1) is 30.2 Å². The van der Waals surface area contributed by atoms with Crippen LogP contribution in [0.5, 0.6) is 0 Å². The number of piperidine rings is 1. The molecule has 32 heavy (non-hydrogen) atoms. The van der Waals surface area contributed by atoms with Crippen LogP contribution in [0.4, 0.5) is 0 Å². The number of carbonyl (C=O) groups is 2. The molecule has 10 heteroatoms. The number of fused-ring (bicyclic) bond motifs is 3. The summed E-state index contributed by atoms with van der Waals surface area (Å²) in [6.45, 7) is 1.52. The first kappa shape index (κ1) is 21.6. The normalized spacial score (nSPS) is 25.7. The maximum Gasteiger partial charge on any atom is 0.242 e. The first-order valence-corrected chi connectivity index (χ1v) is 12.6. The fourth-order valence-corrected chi connectivity index (χ4v) is 6.22. The Morgan fingerprint density at radius 1 is 1.19 bits per heavy atom. The van der Waals surface area contributed by atoms with Gasteiger partial charge in [-0.05, 0) is 54.3 Å². The molecule has 0 unspecified atom stereocenters. The maximum atomic E-state index is 13.0. The Kier molecular flexibility index (Phi) is 5.61. The molecule has 0 aromatic heterocycles. The van der Waals surface area contributed by atoms with Crippen molar-refractivity contribution in [1.82, 2.24) is 14.5 Å². The highest BCUT2D eigenvalue weighted by Gasteiger charge is 2.42. The van der Waals surface area contributed by atoms with Crippen LogP contribution in [-0.4, -0.2) is 74.5 Å². The Bertz CT molecular complexity index is 1190. The van der Waals surface area contributed by atoms with Gasteiger partial charge in [-0.3, -0.25) is 9.59 Å². The SMILES string of the molecule is O=C1[C@@H](NS(=O)(=O)c2ccc3cc(Cl)ccc3c2)CCCN1CC(=O)N1C[C@@H]2C[C@H]1CO2. The standard InChI is InChI=1S/C22H24ClN3O5S/c23-16-5-3-15-9-19(6-4-14(15)8-16)32(29,30)24-20-2-1-7-25(22(20)28)12-21(27)26-11-18-10-17(26)13-31-18/h3-6,8-9,17-18,20,24H,1-2,7,10-13H2/t17-,18-,20-/m0/s1. The summed E-state index contributed by atoms with van der Waals surface area (Å²) >= 11 is 6.00. The third kappa shape index (κ3) is 4.10. The Labute approximate surface area is 191 Å². The lowest BCUT2D eigenvalue weighted by Crippen LogP contribution is -2.55. The topological polar surface area (TPSA) is 96.0 Å². The Balaban J connectivity index is 1.27. The Morgan fingerprint density at radius 2 is 1.97 bits per heavy atom. The lowest BCUT2D eigenvalue weighted by molar-refractivity contribution is -0.145. The van der Waals surface area contributed by atoms with Gasteiger partial charge in [-0.15, -0.1) is 0 Å². The second-order valence-electron chi connectivity index (χ2n) is 8.62. The number of ether oxygens (including phenoxy) is 1. The summed E-state index contributed by atoms with van der Waals surface area (Å²) in [5, 5.41) is 2.14. The molecule has 0 aliphatic carbocycles. The van der Waals surface area contributed by atoms with Gasteiger partial charge in [-0.25, -0.2) is 8.42 Å². The van der Waals surface area contributed by atoms with E-state index in [2.05, 4.69) is 4.72 Å². The Morgan fingerprint density at radius 3 is 2.72 bits per heavy atom. The van der Waals surface area contributed by atoms with E-state index in [4.69, 9.17) is 16.3 Å². The first-order chi connectivity index (χ1) is 15.3.